The molecule has 0 amide bonds. The number of rotatable bonds is 1. The van der Waals surface area contributed by atoms with Crippen LogP contribution in [0.1, 0.15) is 11.1 Å². The first-order chi connectivity index (χ1) is 7.83. The molecule has 6 heteroatoms. The van der Waals surface area contributed by atoms with Gasteiger partial charge in [-0.25, -0.2) is 4.99 Å². The highest BCUT2D eigenvalue weighted by Gasteiger charge is 2.18. The molecule has 1 fully saturated rings. The molecule has 3 rings (SSSR count). The Bertz CT molecular complexity index is 477. The second kappa shape index (κ2) is 4.91. The summed E-state index contributed by atoms with van der Waals surface area (Å²) in [5, 5.41) is 14.7. The highest BCUT2D eigenvalue weighted by Crippen LogP contribution is 2.28. The lowest BCUT2D eigenvalue weighted by molar-refractivity contribution is 0.580. The summed E-state index contributed by atoms with van der Waals surface area (Å²) in [6.07, 6.45) is -0.0267. The largest absolute Gasteiger partial charge is 0.282 e. The summed E-state index contributed by atoms with van der Waals surface area (Å²) in [7, 11) is 0. The van der Waals surface area contributed by atoms with Gasteiger partial charge in [-0.1, -0.05) is 6.07 Å². The van der Waals surface area contributed by atoms with E-state index in [1.54, 1.807) is 0 Å². The van der Waals surface area contributed by atoms with Crippen molar-refractivity contribution in [2.75, 3.05) is 13.1 Å². The maximum atomic E-state index is 4.48. The molecule has 2 aliphatic rings. The van der Waals surface area contributed by atoms with Crippen LogP contribution in [0.25, 0.3) is 0 Å². The molecule has 0 atom stereocenters. The van der Waals surface area contributed by atoms with Crippen molar-refractivity contribution in [3.8, 4) is 0 Å². The molecule has 5 nitrogen and oxygen atoms in total. The zero-order valence-electron chi connectivity index (χ0n) is 9.47. The van der Waals surface area contributed by atoms with Gasteiger partial charge in [0.05, 0.1) is 5.69 Å². The van der Waals surface area contributed by atoms with Crippen molar-refractivity contribution >= 4 is 23.9 Å². The number of nitrogens with one attached hydrogen (secondary N) is 2. The Balaban J connectivity index is 0.00000108. The van der Waals surface area contributed by atoms with E-state index in [0.717, 1.165) is 24.3 Å². The van der Waals surface area contributed by atoms with Crippen molar-refractivity contribution in [2.24, 2.45) is 15.2 Å². The van der Waals surface area contributed by atoms with E-state index in [0.29, 0.717) is 5.84 Å². The molecule has 1 aromatic rings. The number of benzene rings is 1. The Hall–Kier alpha value is -1.30. The van der Waals surface area contributed by atoms with E-state index >= 15 is 0 Å². The third-order valence-corrected chi connectivity index (χ3v) is 2.70. The smallest absolute Gasteiger partial charge is 0.182 e. The Kier molecular flexibility index (Phi) is 3.51. The monoisotopic (exact) mass is 251 g/mol. The predicted molar refractivity (Wildman–Crippen MR) is 69.3 cm³/mol. The Morgan fingerprint density at radius 3 is 2.76 bits per heavy atom. The highest BCUT2D eigenvalue weighted by molar-refractivity contribution is 6.05. The first-order valence-electron chi connectivity index (χ1n) is 5.40. The normalized spacial score (nSPS) is 20.6. The average molecular weight is 252 g/mol. The first kappa shape index (κ1) is 12.2. The molecule has 2 aliphatic heterocycles. The van der Waals surface area contributed by atoms with Crippen LogP contribution >= 0.6 is 12.4 Å². The fourth-order valence-electron chi connectivity index (χ4n) is 1.87. The van der Waals surface area contributed by atoms with Crippen molar-refractivity contribution < 1.29 is 0 Å². The summed E-state index contributed by atoms with van der Waals surface area (Å²) in [6, 6.07) is 6.11. The molecule has 0 saturated carbocycles. The van der Waals surface area contributed by atoms with Crippen LogP contribution in [0.3, 0.4) is 0 Å². The molecule has 0 aromatic heterocycles. The van der Waals surface area contributed by atoms with E-state index in [2.05, 4.69) is 31.9 Å². The number of azo groups is 1. The van der Waals surface area contributed by atoms with Crippen molar-refractivity contribution in [1.29, 1.82) is 0 Å². The van der Waals surface area contributed by atoms with E-state index < -0.39 is 0 Å². The summed E-state index contributed by atoms with van der Waals surface area (Å²) < 4.78 is 0. The van der Waals surface area contributed by atoms with Gasteiger partial charge < -0.3 is 0 Å². The molecule has 90 valence electrons. The van der Waals surface area contributed by atoms with Gasteiger partial charge in [0.1, 0.15) is 0 Å². The number of hydrogen-bond donors (Lipinski definition) is 2. The van der Waals surface area contributed by atoms with Crippen LogP contribution in [0.5, 0.6) is 0 Å². The Morgan fingerprint density at radius 2 is 2.00 bits per heavy atom. The zero-order chi connectivity index (χ0) is 11.0. The van der Waals surface area contributed by atoms with E-state index in [-0.39, 0.29) is 18.7 Å². The lowest BCUT2D eigenvalue weighted by Crippen LogP contribution is -2.29. The van der Waals surface area contributed by atoms with Gasteiger partial charge in [-0.3, -0.25) is 10.6 Å². The second-order valence-electron chi connectivity index (χ2n) is 3.98. The standard InChI is InChI=1S/C11H13N5.ClH/c1-7-2-3-8-9(6-7)15-16-10(8)14-11-12-4-5-13-11;/h2-3,6,11-13H,4-5H2,1H3;1H. The number of fused-ring (bicyclic) bond motifs is 1. The quantitative estimate of drug-likeness (QED) is 0.799. The van der Waals surface area contributed by atoms with Crippen molar-refractivity contribution in [3.63, 3.8) is 0 Å². The Labute approximate surface area is 106 Å². The zero-order valence-corrected chi connectivity index (χ0v) is 10.3. The van der Waals surface area contributed by atoms with E-state index in [1.165, 1.54) is 5.56 Å². The number of aryl methyl sites for hydroxylation is 1. The van der Waals surface area contributed by atoms with Crippen molar-refractivity contribution in [2.45, 2.75) is 13.2 Å². The molecule has 2 heterocycles. The summed E-state index contributed by atoms with van der Waals surface area (Å²) in [4.78, 5) is 4.48. The lowest BCUT2D eigenvalue weighted by Gasteiger charge is -2.05. The van der Waals surface area contributed by atoms with Crippen LogP contribution in [0.15, 0.2) is 33.4 Å². The SMILES string of the molecule is Cc1ccc2c(c1)N=NC2=NC1NCCN1.Cl. The number of aliphatic imine (C=N–C) groups is 1. The number of amidine groups is 1. The van der Waals surface area contributed by atoms with Crippen LogP contribution in [0, 0.1) is 6.92 Å². The van der Waals surface area contributed by atoms with Crippen LogP contribution in [-0.4, -0.2) is 25.2 Å². The van der Waals surface area contributed by atoms with Gasteiger partial charge in [0, 0.05) is 18.7 Å². The number of nitrogens with zero attached hydrogens (tertiary/aromatic N) is 3. The van der Waals surface area contributed by atoms with Crippen molar-refractivity contribution in [1.82, 2.24) is 10.6 Å². The topological polar surface area (TPSA) is 61.1 Å². The average Bonchev–Trinajstić information content (AvgIpc) is 2.89. The molecule has 17 heavy (non-hydrogen) atoms. The lowest BCUT2D eigenvalue weighted by atomic mass is 10.1. The fraction of sp³-hybridized carbons (Fsp3) is 0.364. The molecule has 0 aliphatic carbocycles. The van der Waals surface area contributed by atoms with Crippen LogP contribution in [0.4, 0.5) is 5.69 Å². The molecule has 1 aromatic carbocycles. The van der Waals surface area contributed by atoms with Gasteiger partial charge in [-0.2, -0.15) is 0 Å². The van der Waals surface area contributed by atoms with Gasteiger partial charge in [-0.15, -0.1) is 22.6 Å². The molecule has 0 bridgehead atoms. The molecule has 0 unspecified atom stereocenters. The van der Waals surface area contributed by atoms with Crippen LogP contribution in [-0.2, 0) is 0 Å². The minimum Gasteiger partial charge on any atom is -0.282 e. The third kappa shape index (κ3) is 2.36. The van der Waals surface area contributed by atoms with Crippen molar-refractivity contribution in [3.05, 3.63) is 29.3 Å². The third-order valence-electron chi connectivity index (χ3n) is 2.70. The van der Waals surface area contributed by atoms with Gasteiger partial charge in [0.25, 0.3) is 0 Å². The predicted octanol–water partition coefficient (Wildman–Crippen LogP) is 1.74. The maximum absolute atomic E-state index is 4.48. The molecule has 0 radical (unpaired) electrons. The summed E-state index contributed by atoms with van der Waals surface area (Å²) in [6.45, 7) is 3.93. The minimum absolute atomic E-state index is 0. The number of hydrogen-bond acceptors (Lipinski definition) is 4. The maximum Gasteiger partial charge on any atom is 0.182 e. The minimum atomic E-state index is -0.0267. The summed E-state index contributed by atoms with van der Waals surface area (Å²) >= 11 is 0. The van der Waals surface area contributed by atoms with Gasteiger partial charge in [0.2, 0.25) is 0 Å². The second-order valence-corrected chi connectivity index (χ2v) is 3.98. The molecule has 1 saturated heterocycles. The van der Waals surface area contributed by atoms with E-state index in [1.807, 2.05) is 19.1 Å². The summed E-state index contributed by atoms with van der Waals surface area (Å²) in [5.41, 5.74) is 3.12. The van der Waals surface area contributed by atoms with Gasteiger partial charge in [-0.05, 0) is 24.6 Å². The summed E-state index contributed by atoms with van der Waals surface area (Å²) in [5.74, 6) is 0.710. The highest BCUT2D eigenvalue weighted by atomic mass is 35.5. The fourth-order valence-corrected chi connectivity index (χ4v) is 1.87. The molecule has 0 spiro atoms. The Morgan fingerprint density at radius 1 is 1.24 bits per heavy atom. The molecule has 2 N–H and O–H groups in total. The molecular formula is C11H14ClN5. The van der Waals surface area contributed by atoms with Crippen LogP contribution in [0.2, 0.25) is 0 Å². The molecular weight excluding hydrogens is 238 g/mol. The van der Waals surface area contributed by atoms with Gasteiger partial charge in [0.15, 0.2) is 12.1 Å². The van der Waals surface area contributed by atoms with E-state index in [4.69, 9.17) is 0 Å². The van der Waals surface area contributed by atoms with E-state index in [9.17, 15) is 0 Å². The van der Waals surface area contributed by atoms with Crippen LogP contribution < -0.4 is 10.6 Å². The first-order valence-corrected chi connectivity index (χ1v) is 5.40. The number of halogens is 1. The van der Waals surface area contributed by atoms with Gasteiger partial charge >= 0.3 is 0 Å².